The van der Waals surface area contributed by atoms with Crippen molar-refractivity contribution in [1.29, 1.82) is 0 Å². The summed E-state index contributed by atoms with van der Waals surface area (Å²) in [5.41, 5.74) is 0.0171. The van der Waals surface area contributed by atoms with Crippen LogP contribution in [0, 0.1) is 0 Å². The average molecular weight is 343 g/mol. The van der Waals surface area contributed by atoms with E-state index in [-0.39, 0.29) is 22.9 Å². The van der Waals surface area contributed by atoms with Crippen LogP contribution in [-0.2, 0) is 15.5 Å². The zero-order chi connectivity index (χ0) is 16.3. The van der Waals surface area contributed by atoms with Gasteiger partial charge in [0.25, 0.3) is 0 Å². The maximum atomic E-state index is 12.6. The van der Waals surface area contributed by atoms with E-state index in [0.29, 0.717) is 18.8 Å². The first-order valence-corrected chi connectivity index (χ1v) is 10.5. The Hall–Kier alpha value is -0.620. The molecule has 2 heterocycles. The molecule has 6 heteroatoms. The minimum atomic E-state index is -0.797. The molecule has 1 aliphatic carbocycles. The molecule has 3 rings (SSSR count). The number of carbonyl (C=O) groups is 1. The lowest BCUT2D eigenvalue weighted by molar-refractivity contribution is -0.108. The number of amides is 2. The molecule has 3 atom stereocenters. The fourth-order valence-electron chi connectivity index (χ4n) is 4.15. The number of nitrogens with zero attached hydrogens (tertiary/aromatic N) is 1. The van der Waals surface area contributed by atoms with Gasteiger partial charge in [0.1, 0.15) is 0 Å². The van der Waals surface area contributed by atoms with Gasteiger partial charge in [-0.05, 0) is 32.1 Å². The molecule has 5 nitrogen and oxygen atoms in total. The summed E-state index contributed by atoms with van der Waals surface area (Å²) in [7, 11) is -0.797. The van der Waals surface area contributed by atoms with Crippen LogP contribution in [0.3, 0.4) is 0 Å². The van der Waals surface area contributed by atoms with Crippen molar-refractivity contribution in [3.8, 4) is 0 Å². The number of hydrogen-bond donors (Lipinski definition) is 1. The third-order valence-corrected chi connectivity index (χ3v) is 7.41. The largest absolute Gasteiger partial charge is 0.375 e. The van der Waals surface area contributed by atoms with E-state index < -0.39 is 10.8 Å². The van der Waals surface area contributed by atoms with Crippen molar-refractivity contribution >= 4 is 16.8 Å². The van der Waals surface area contributed by atoms with Crippen LogP contribution in [0.4, 0.5) is 4.79 Å². The fraction of sp³-hybridized carbons (Fsp3) is 0.941. The van der Waals surface area contributed by atoms with Gasteiger partial charge >= 0.3 is 6.03 Å². The number of hydrogen-bond acceptors (Lipinski definition) is 3. The number of ether oxygens (including phenoxy) is 1. The molecular weight excluding hydrogens is 312 g/mol. The van der Waals surface area contributed by atoms with E-state index in [1.165, 1.54) is 19.3 Å². The fourth-order valence-corrected chi connectivity index (χ4v) is 5.32. The van der Waals surface area contributed by atoms with Crippen LogP contribution in [0.25, 0.3) is 0 Å². The molecule has 3 fully saturated rings. The van der Waals surface area contributed by atoms with E-state index in [1.807, 2.05) is 11.8 Å². The lowest BCUT2D eigenvalue weighted by atomic mass is 9.78. The van der Waals surface area contributed by atoms with Gasteiger partial charge in [0, 0.05) is 47.5 Å². The molecule has 0 aromatic carbocycles. The zero-order valence-electron chi connectivity index (χ0n) is 14.2. The number of rotatable bonds is 1. The molecule has 132 valence electrons. The minimum Gasteiger partial charge on any atom is -0.375 e. The Morgan fingerprint density at radius 1 is 1.22 bits per heavy atom. The molecule has 2 aliphatic heterocycles. The van der Waals surface area contributed by atoms with Crippen LogP contribution < -0.4 is 5.32 Å². The summed E-state index contributed by atoms with van der Waals surface area (Å²) >= 11 is 0. The summed E-state index contributed by atoms with van der Waals surface area (Å²) in [6.45, 7) is 4.10. The van der Waals surface area contributed by atoms with E-state index in [2.05, 4.69) is 5.32 Å². The molecule has 0 aromatic rings. The van der Waals surface area contributed by atoms with Crippen molar-refractivity contribution in [3.05, 3.63) is 0 Å². The molecule has 1 N–H and O–H groups in total. The molecule has 2 saturated heterocycles. The Labute approximate surface area is 142 Å². The van der Waals surface area contributed by atoms with Gasteiger partial charge in [0.15, 0.2) is 0 Å². The van der Waals surface area contributed by atoms with E-state index in [0.717, 1.165) is 38.7 Å². The summed E-state index contributed by atoms with van der Waals surface area (Å²) in [6.07, 6.45) is 8.77. The van der Waals surface area contributed by atoms with Crippen molar-refractivity contribution in [3.63, 3.8) is 0 Å². The van der Waals surface area contributed by atoms with Gasteiger partial charge in [-0.2, -0.15) is 0 Å². The van der Waals surface area contributed by atoms with Gasteiger partial charge in [-0.15, -0.1) is 0 Å². The van der Waals surface area contributed by atoms with E-state index in [9.17, 15) is 9.00 Å². The topological polar surface area (TPSA) is 58.6 Å². The first kappa shape index (κ1) is 17.2. The first-order valence-electron chi connectivity index (χ1n) is 9.15. The van der Waals surface area contributed by atoms with Crippen molar-refractivity contribution < 1.29 is 13.7 Å². The monoisotopic (exact) mass is 342 g/mol. The minimum absolute atomic E-state index is 0.0171. The first-order chi connectivity index (χ1) is 11.1. The maximum Gasteiger partial charge on any atom is 0.317 e. The van der Waals surface area contributed by atoms with Crippen molar-refractivity contribution in [1.82, 2.24) is 10.2 Å². The molecule has 1 saturated carbocycles. The highest BCUT2D eigenvalue weighted by Gasteiger charge is 2.39. The van der Waals surface area contributed by atoms with Crippen LogP contribution in [0.1, 0.15) is 58.3 Å². The molecule has 0 unspecified atom stereocenters. The third-order valence-electron chi connectivity index (χ3n) is 5.69. The van der Waals surface area contributed by atoms with Gasteiger partial charge in [-0.25, -0.2) is 4.79 Å². The second-order valence-corrected chi connectivity index (χ2v) is 9.38. The Morgan fingerprint density at radius 2 is 2.00 bits per heavy atom. The zero-order valence-corrected chi connectivity index (χ0v) is 15.0. The maximum absolute atomic E-state index is 12.6. The van der Waals surface area contributed by atoms with Gasteiger partial charge in [-0.1, -0.05) is 26.2 Å². The van der Waals surface area contributed by atoms with Crippen LogP contribution in [0.2, 0.25) is 0 Å². The quantitative estimate of drug-likeness (QED) is 0.796. The Morgan fingerprint density at radius 3 is 2.78 bits per heavy atom. The Balaban J connectivity index is 1.53. The lowest BCUT2D eigenvalue weighted by Crippen LogP contribution is -2.52. The van der Waals surface area contributed by atoms with E-state index in [1.54, 1.807) is 0 Å². The number of urea groups is 1. The highest BCUT2D eigenvalue weighted by molar-refractivity contribution is 7.85. The highest BCUT2D eigenvalue weighted by Crippen LogP contribution is 2.38. The van der Waals surface area contributed by atoms with Gasteiger partial charge in [-0.3, -0.25) is 4.21 Å². The second kappa shape index (κ2) is 7.51. The summed E-state index contributed by atoms with van der Waals surface area (Å²) in [5.74, 6) is 0.603. The number of nitrogens with one attached hydrogen (secondary N) is 1. The number of carbonyl (C=O) groups excluding carboxylic acids is 1. The summed E-state index contributed by atoms with van der Waals surface area (Å²) < 4.78 is 18.0. The molecular formula is C17H30N2O3S. The summed E-state index contributed by atoms with van der Waals surface area (Å²) in [5, 5.41) is 3.42. The van der Waals surface area contributed by atoms with Gasteiger partial charge in [0.05, 0.1) is 5.60 Å². The van der Waals surface area contributed by atoms with Gasteiger partial charge in [0.2, 0.25) is 0 Å². The van der Waals surface area contributed by atoms with Crippen molar-refractivity contribution in [2.75, 3.05) is 25.4 Å². The molecule has 2 amide bonds. The second-order valence-electron chi connectivity index (χ2n) is 7.40. The summed E-state index contributed by atoms with van der Waals surface area (Å²) in [4.78, 5) is 14.4. The highest BCUT2D eigenvalue weighted by atomic mass is 32.2. The van der Waals surface area contributed by atoms with E-state index >= 15 is 0 Å². The average Bonchev–Trinajstić information content (AvgIpc) is 2.71. The predicted octanol–water partition coefficient (Wildman–Crippen LogP) is 2.42. The Bertz CT molecular complexity index is 446. The third kappa shape index (κ3) is 4.27. The SMILES string of the molecule is C[C@@H]1CCN(C(=O)N[C@H]2CCOC3(CCCCC3)C2)CC[S@@]1=O. The molecule has 3 aliphatic rings. The molecule has 1 spiro atoms. The van der Waals surface area contributed by atoms with E-state index in [4.69, 9.17) is 4.74 Å². The standard InChI is InChI=1S/C17H30N2O3S/c1-14-5-9-19(10-12-23(14)21)16(20)18-15-6-11-22-17(13-15)7-3-2-4-8-17/h14-15H,2-13H2,1H3,(H,18,20)/t14-,15+,23+/m1/s1. The molecule has 0 radical (unpaired) electrons. The van der Waals surface area contributed by atoms with Crippen molar-refractivity contribution in [2.45, 2.75) is 75.2 Å². The predicted molar refractivity (Wildman–Crippen MR) is 92.0 cm³/mol. The van der Waals surface area contributed by atoms with Crippen molar-refractivity contribution in [2.24, 2.45) is 0 Å². The summed E-state index contributed by atoms with van der Waals surface area (Å²) in [6, 6.07) is 0.245. The van der Waals surface area contributed by atoms with Crippen LogP contribution in [0.15, 0.2) is 0 Å². The van der Waals surface area contributed by atoms with Gasteiger partial charge < -0.3 is 15.0 Å². The van der Waals surface area contributed by atoms with Crippen LogP contribution in [0.5, 0.6) is 0 Å². The van der Waals surface area contributed by atoms with Crippen LogP contribution >= 0.6 is 0 Å². The normalized spacial score (nSPS) is 34.8. The smallest absolute Gasteiger partial charge is 0.317 e. The molecule has 23 heavy (non-hydrogen) atoms. The molecule has 0 bridgehead atoms. The molecule has 0 aromatic heterocycles. The Kier molecular flexibility index (Phi) is 5.62. The lowest BCUT2D eigenvalue weighted by Gasteiger charge is -2.44. The van der Waals surface area contributed by atoms with Crippen LogP contribution in [-0.4, -0.2) is 57.5 Å².